The van der Waals surface area contributed by atoms with E-state index in [9.17, 15) is 4.79 Å². The van der Waals surface area contributed by atoms with Gasteiger partial charge in [-0.15, -0.1) is 0 Å². The molecule has 0 amide bonds. The van der Waals surface area contributed by atoms with Gasteiger partial charge in [-0.2, -0.15) is 0 Å². The van der Waals surface area contributed by atoms with Crippen LogP contribution < -0.4 is 0 Å². The molecule has 1 aromatic rings. The van der Waals surface area contributed by atoms with E-state index in [1.807, 2.05) is 30.3 Å². The van der Waals surface area contributed by atoms with Gasteiger partial charge in [0, 0.05) is 0 Å². The van der Waals surface area contributed by atoms with Gasteiger partial charge in [0.2, 0.25) is 0 Å². The van der Waals surface area contributed by atoms with Crippen molar-refractivity contribution in [3.8, 4) is 0 Å². The highest BCUT2D eigenvalue weighted by Gasteiger charge is 2.13. The average molecular weight is 377 g/mol. The molecule has 0 aliphatic heterocycles. The summed E-state index contributed by atoms with van der Waals surface area (Å²) in [6.45, 7) is 5.09. The maximum absolute atomic E-state index is 11.1. The second-order valence-electron chi connectivity index (χ2n) is 8.17. The van der Waals surface area contributed by atoms with Crippen LogP contribution in [0.3, 0.4) is 0 Å². The van der Waals surface area contributed by atoms with E-state index in [0.29, 0.717) is 6.61 Å². The predicted molar refractivity (Wildman–Crippen MR) is 113 cm³/mol. The molecular weight excluding hydrogens is 336 g/mol. The Morgan fingerprint density at radius 2 is 1.37 bits per heavy atom. The van der Waals surface area contributed by atoms with Gasteiger partial charge >= 0.3 is 5.97 Å². The minimum atomic E-state index is -0.773. The van der Waals surface area contributed by atoms with Gasteiger partial charge in [-0.1, -0.05) is 108 Å². The molecule has 0 radical (unpaired) electrons. The summed E-state index contributed by atoms with van der Waals surface area (Å²) in [5.41, 5.74) is 1.10. The molecule has 0 spiro atoms. The number of carboxylic acid groups (broad SMARTS) is 1. The molecular formula is C24H40O3. The Hall–Kier alpha value is -1.35. The number of benzene rings is 1. The molecule has 0 heterocycles. The fourth-order valence-corrected chi connectivity index (χ4v) is 3.39. The van der Waals surface area contributed by atoms with Crippen LogP contribution in [0.15, 0.2) is 30.3 Å². The minimum absolute atomic E-state index is 0.100. The number of aliphatic carboxylic acids is 1. The van der Waals surface area contributed by atoms with Crippen LogP contribution in [0.4, 0.5) is 0 Å². The number of hydrogen-bond acceptors (Lipinski definition) is 2. The predicted octanol–water partition coefficient (Wildman–Crippen LogP) is 6.99. The van der Waals surface area contributed by atoms with Crippen molar-refractivity contribution >= 4 is 5.97 Å². The maximum atomic E-state index is 11.1. The summed E-state index contributed by atoms with van der Waals surface area (Å²) >= 11 is 0. The number of rotatable bonds is 17. The highest BCUT2D eigenvalue weighted by molar-refractivity contribution is 5.67. The van der Waals surface area contributed by atoms with E-state index in [1.165, 1.54) is 57.8 Å². The first-order valence-corrected chi connectivity index (χ1v) is 10.9. The summed E-state index contributed by atoms with van der Waals surface area (Å²) in [7, 11) is 0. The molecule has 0 fully saturated rings. The van der Waals surface area contributed by atoms with Crippen LogP contribution in [0.1, 0.15) is 96.5 Å². The van der Waals surface area contributed by atoms with Gasteiger partial charge in [-0.25, -0.2) is 0 Å². The van der Waals surface area contributed by atoms with Crippen LogP contribution in [-0.2, 0) is 16.1 Å². The van der Waals surface area contributed by atoms with Crippen LogP contribution in [0.5, 0.6) is 0 Å². The quantitative estimate of drug-likeness (QED) is 0.298. The SMILES string of the molecule is CC(C)CCCCCCCCCCC[C@H](CC(=O)O)OCc1ccccc1. The molecule has 1 rings (SSSR count). The lowest BCUT2D eigenvalue weighted by Crippen LogP contribution is -2.17. The second kappa shape index (κ2) is 15.7. The van der Waals surface area contributed by atoms with Crippen molar-refractivity contribution in [2.45, 2.75) is 104 Å². The molecule has 1 atom stereocenters. The van der Waals surface area contributed by atoms with Crippen LogP contribution in [0.25, 0.3) is 0 Å². The van der Waals surface area contributed by atoms with E-state index >= 15 is 0 Å². The van der Waals surface area contributed by atoms with Crippen LogP contribution in [0, 0.1) is 5.92 Å². The standard InChI is InChI=1S/C24H40O3/c1-21(2)15-11-8-6-4-3-5-7-9-14-18-23(19-24(25)26)27-20-22-16-12-10-13-17-22/h10,12-13,16-17,21,23H,3-9,11,14-15,18-20H2,1-2H3,(H,25,26)/t23-/m1/s1. The van der Waals surface area contributed by atoms with Crippen LogP contribution in [0.2, 0.25) is 0 Å². The van der Waals surface area contributed by atoms with Gasteiger partial charge in [0.05, 0.1) is 19.1 Å². The molecule has 0 aliphatic carbocycles. The van der Waals surface area contributed by atoms with Crippen molar-refractivity contribution in [3.05, 3.63) is 35.9 Å². The van der Waals surface area contributed by atoms with Gasteiger partial charge in [0.1, 0.15) is 0 Å². The van der Waals surface area contributed by atoms with Crippen molar-refractivity contribution in [1.82, 2.24) is 0 Å². The number of ether oxygens (including phenoxy) is 1. The molecule has 154 valence electrons. The largest absolute Gasteiger partial charge is 0.481 e. The Morgan fingerprint density at radius 1 is 0.852 bits per heavy atom. The molecule has 3 nitrogen and oxygen atoms in total. The van der Waals surface area contributed by atoms with Gasteiger partial charge < -0.3 is 9.84 Å². The summed E-state index contributed by atoms with van der Waals surface area (Å²) in [6, 6.07) is 9.97. The molecule has 0 aromatic heterocycles. The van der Waals surface area contributed by atoms with Gasteiger partial charge in [-0.3, -0.25) is 4.79 Å². The third-order valence-corrected chi connectivity index (χ3v) is 5.04. The van der Waals surface area contributed by atoms with Crippen molar-refractivity contribution in [3.63, 3.8) is 0 Å². The minimum Gasteiger partial charge on any atom is -0.481 e. The third kappa shape index (κ3) is 14.4. The summed E-state index contributed by atoms with van der Waals surface area (Å²) < 4.78 is 5.86. The van der Waals surface area contributed by atoms with E-state index in [-0.39, 0.29) is 12.5 Å². The zero-order valence-electron chi connectivity index (χ0n) is 17.5. The van der Waals surface area contributed by atoms with Crippen molar-refractivity contribution < 1.29 is 14.6 Å². The van der Waals surface area contributed by atoms with Crippen molar-refractivity contribution in [1.29, 1.82) is 0 Å². The van der Waals surface area contributed by atoms with Gasteiger partial charge in [0.25, 0.3) is 0 Å². The molecule has 1 N–H and O–H groups in total. The second-order valence-corrected chi connectivity index (χ2v) is 8.17. The molecule has 1 aromatic carbocycles. The first-order chi connectivity index (χ1) is 13.1. The highest BCUT2D eigenvalue weighted by atomic mass is 16.5. The lowest BCUT2D eigenvalue weighted by molar-refractivity contribution is -0.140. The smallest absolute Gasteiger partial charge is 0.305 e. The lowest BCUT2D eigenvalue weighted by atomic mass is 10.0. The lowest BCUT2D eigenvalue weighted by Gasteiger charge is -2.16. The summed E-state index contributed by atoms with van der Waals surface area (Å²) in [4.78, 5) is 11.1. The number of carboxylic acids is 1. The highest BCUT2D eigenvalue weighted by Crippen LogP contribution is 2.16. The maximum Gasteiger partial charge on any atom is 0.305 e. The Labute approximate surface area is 166 Å². The summed E-state index contributed by atoms with van der Waals surface area (Å²) in [5, 5.41) is 9.09. The Morgan fingerprint density at radius 3 is 1.89 bits per heavy atom. The average Bonchev–Trinajstić information content (AvgIpc) is 2.64. The van der Waals surface area contributed by atoms with Crippen LogP contribution in [-0.4, -0.2) is 17.2 Å². The van der Waals surface area contributed by atoms with Gasteiger partial charge in [0.15, 0.2) is 0 Å². The fraction of sp³-hybridized carbons (Fsp3) is 0.708. The molecule has 0 saturated carbocycles. The van der Waals surface area contributed by atoms with Gasteiger partial charge in [-0.05, 0) is 17.9 Å². The molecule has 3 heteroatoms. The van der Waals surface area contributed by atoms with E-state index in [1.54, 1.807) is 0 Å². The monoisotopic (exact) mass is 376 g/mol. The number of hydrogen-bond donors (Lipinski definition) is 1. The van der Waals surface area contributed by atoms with Crippen LogP contribution >= 0.6 is 0 Å². The zero-order valence-corrected chi connectivity index (χ0v) is 17.5. The van der Waals surface area contributed by atoms with E-state index in [2.05, 4.69) is 13.8 Å². The number of carbonyl (C=O) groups is 1. The third-order valence-electron chi connectivity index (χ3n) is 5.04. The van der Waals surface area contributed by atoms with Crippen molar-refractivity contribution in [2.75, 3.05) is 0 Å². The summed E-state index contributed by atoms with van der Waals surface area (Å²) in [5.74, 6) is 0.0668. The molecule has 0 saturated heterocycles. The van der Waals surface area contributed by atoms with Crippen molar-refractivity contribution in [2.24, 2.45) is 5.92 Å². The summed E-state index contributed by atoms with van der Waals surface area (Å²) in [6.07, 6.45) is 13.8. The fourth-order valence-electron chi connectivity index (χ4n) is 3.39. The molecule has 0 unspecified atom stereocenters. The van der Waals surface area contributed by atoms with E-state index < -0.39 is 5.97 Å². The van der Waals surface area contributed by atoms with E-state index in [0.717, 1.165) is 24.3 Å². The normalized spacial score (nSPS) is 12.4. The Bertz CT molecular complexity index is 470. The Balaban J connectivity index is 2.04. The molecule has 0 aliphatic rings. The molecule has 27 heavy (non-hydrogen) atoms. The molecule has 0 bridgehead atoms. The number of unbranched alkanes of at least 4 members (excludes halogenated alkanes) is 8. The first kappa shape index (κ1) is 23.7. The first-order valence-electron chi connectivity index (χ1n) is 10.9. The van der Waals surface area contributed by atoms with E-state index in [4.69, 9.17) is 9.84 Å². The Kier molecular flexibility index (Phi) is 13.8. The topological polar surface area (TPSA) is 46.5 Å². The zero-order chi connectivity index (χ0) is 19.7.